The van der Waals surface area contributed by atoms with Crippen molar-refractivity contribution in [1.29, 1.82) is 0 Å². The molecule has 21 heavy (non-hydrogen) atoms. The van der Waals surface area contributed by atoms with E-state index in [9.17, 15) is 0 Å². The molecule has 1 aliphatic heterocycles. The van der Waals surface area contributed by atoms with Crippen LogP contribution in [0.4, 0.5) is 0 Å². The second-order valence-corrected chi connectivity index (χ2v) is 5.68. The van der Waals surface area contributed by atoms with E-state index in [0.29, 0.717) is 12.0 Å². The van der Waals surface area contributed by atoms with Crippen LogP contribution in [-0.2, 0) is 0 Å². The van der Waals surface area contributed by atoms with Crippen molar-refractivity contribution in [2.75, 3.05) is 40.9 Å². The average Bonchev–Trinajstić information content (AvgIpc) is 2.54. The minimum Gasteiger partial charge on any atom is -0.497 e. The summed E-state index contributed by atoms with van der Waals surface area (Å²) in [6, 6.07) is 6.68. The van der Waals surface area contributed by atoms with Crippen LogP contribution in [0.15, 0.2) is 18.2 Å². The Balaban J connectivity index is 2.37. The van der Waals surface area contributed by atoms with E-state index in [4.69, 9.17) is 9.47 Å². The first kappa shape index (κ1) is 16.1. The quantitative estimate of drug-likeness (QED) is 0.874. The highest BCUT2D eigenvalue weighted by molar-refractivity contribution is 5.40. The molecule has 0 amide bonds. The third kappa shape index (κ3) is 3.69. The Hall–Kier alpha value is -1.26. The SMILES string of the molecule is CCN1CCCC(CNC)C1c1cc(OC)cc(OC)c1. The predicted molar refractivity (Wildman–Crippen MR) is 86.2 cm³/mol. The number of hydrogen-bond donors (Lipinski definition) is 1. The highest BCUT2D eigenvalue weighted by Crippen LogP contribution is 2.38. The normalized spacial score (nSPS) is 23.0. The molecule has 2 unspecified atom stereocenters. The first-order valence-electron chi connectivity index (χ1n) is 7.85. The molecule has 1 heterocycles. The van der Waals surface area contributed by atoms with E-state index in [1.54, 1.807) is 14.2 Å². The minimum atomic E-state index is 0.431. The van der Waals surface area contributed by atoms with Gasteiger partial charge in [0.1, 0.15) is 11.5 Å². The van der Waals surface area contributed by atoms with E-state index in [2.05, 4.69) is 29.3 Å². The lowest BCUT2D eigenvalue weighted by Crippen LogP contribution is -2.42. The summed E-state index contributed by atoms with van der Waals surface area (Å²) in [5.74, 6) is 2.36. The molecule has 1 aliphatic rings. The van der Waals surface area contributed by atoms with E-state index in [0.717, 1.165) is 24.6 Å². The molecule has 4 nitrogen and oxygen atoms in total. The van der Waals surface area contributed by atoms with Gasteiger partial charge in [-0.3, -0.25) is 4.90 Å². The molecule has 0 saturated carbocycles. The monoisotopic (exact) mass is 292 g/mol. The second-order valence-electron chi connectivity index (χ2n) is 5.68. The van der Waals surface area contributed by atoms with Gasteiger partial charge in [-0.2, -0.15) is 0 Å². The summed E-state index contributed by atoms with van der Waals surface area (Å²) in [6.45, 7) is 5.53. The molecule has 1 aromatic carbocycles. The van der Waals surface area contributed by atoms with Crippen molar-refractivity contribution in [3.63, 3.8) is 0 Å². The van der Waals surface area contributed by atoms with Gasteiger partial charge in [-0.05, 0) is 63.1 Å². The van der Waals surface area contributed by atoms with Crippen LogP contribution in [0.2, 0.25) is 0 Å². The van der Waals surface area contributed by atoms with Crippen LogP contribution in [-0.4, -0.2) is 45.8 Å². The van der Waals surface area contributed by atoms with E-state index < -0.39 is 0 Å². The number of piperidine rings is 1. The van der Waals surface area contributed by atoms with Gasteiger partial charge in [0.2, 0.25) is 0 Å². The molecule has 0 radical (unpaired) electrons. The molecule has 2 atom stereocenters. The summed E-state index contributed by atoms with van der Waals surface area (Å²) in [5, 5.41) is 3.35. The molecule has 0 aliphatic carbocycles. The Morgan fingerprint density at radius 3 is 2.38 bits per heavy atom. The maximum atomic E-state index is 5.44. The number of rotatable bonds is 6. The number of likely N-dealkylation sites (tertiary alicyclic amines) is 1. The highest BCUT2D eigenvalue weighted by Gasteiger charge is 2.31. The van der Waals surface area contributed by atoms with Crippen molar-refractivity contribution in [3.8, 4) is 11.5 Å². The van der Waals surface area contributed by atoms with Crippen LogP contribution in [0, 0.1) is 5.92 Å². The van der Waals surface area contributed by atoms with Crippen molar-refractivity contribution >= 4 is 0 Å². The fourth-order valence-electron chi connectivity index (χ4n) is 3.47. The number of nitrogens with one attached hydrogen (secondary N) is 1. The fraction of sp³-hybridized carbons (Fsp3) is 0.647. The third-order valence-electron chi connectivity index (χ3n) is 4.45. The highest BCUT2D eigenvalue weighted by atomic mass is 16.5. The molecule has 1 saturated heterocycles. The van der Waals surface area contributed by atoms with Gasteiger partial charge < -0.3 is 14.8 Å². The lowest BCUT2D eigenvalue weighted by atomic mass is 9.84. The summed E-state index contributed by atoms with van der Waals surface area (Å²) in [7, 11) is 5.46. The minimum absolute atomic E-state index is 0.431. The summed E-state index contributed by atoms with van der Waals surface area (Å²) in [5.41, 5.74) is 1.30. The molecule has 118 valence electrons. The summed E-state index contributed by atoms with van der Waals surface area (Å²) in [6.07, 6.45) is 2.54. The van der Waals surface area contributed by atoms with Gasteiger partial charge >= 0.3 is 0 Å². The lowest BCUT2D eigenvalue weighted by Gasteiger charge is -2.41. The average molecular weight is 292 g/mol. The Labute approximate surface area is 128 Å². The molecule has 0 spiro atoms. The topological polar surface area (TPSA) is 33.7 Å². The van der Waals surface area contributed by atoms with E-state index >= 15 is 0 Å². The van der Waals surface area contributed by atoms with Gasteiger partial charge in [-0.1, -0.05) is 6.92 Å². The maximum absolute atomic E-state index is 5.44. The van der Waals surface area contributed by atoms with Crippen molar-refractivity contribution < 1.29 is 9.47 Å². The molecule has 1 N–H and O–H groups in total. The Morgan fingerprint density at radius 1 is 1.19 bits per heavy atom. The van der Waals surface area contributed by atoms with Crippen LogP contribution in [0.25, 0.3) is 0 Å². The number of benzene rings is 1. The zero-order chi connectivity index (χ0) is 15.2. The summed E-state index contributed by atoms with van der Waals surface area (Å²) in [4.78, 5) is 2.57. The molecule has 0 aromatic heterocycles. The van der Waals surface area contributed by atoms with Crippen LogP contribution in [0.5, 0.6) is 11.5 Å². The smallest absolute Gasteiger partial charge is 0.122 e. The van der Waals surface area contributed by atoms with Crippen LogP contribution >= 0.6 is 0 Å². The molecular formula is C17H28N2O2. The number of ether oxygens (including phenoxy) is 2. The van der Waals surface area contributed by atoms with Gasteiger partial charge in [-0.15, -0.1) is 0 Å². The van der Waals surface area contributed by atoms with Crippen LogP contribution in [0.3, 0.4) is 0 Å². The Bertz CT molecular complexity index is 426. The third-order valence-corrected chi connectivity index (χ3v) is 4.45. The van der Waals surface area contributed by atoms with Gasteiger partial charge in [0.15, 0.2) is 0 Å². The second kappa shape index (κ2) is 7.66. The fourth-order valence-corrected chi connectivity index (χ4v) is 3.47. The summed E-state index contributed by atoms with van der Waals surface area (Å²) >= 11 is 0. The zero-order valence-electron chi connectivity index (χ0n) is 13.7. The molecule has 1 fully saturated rings. The zero-order valence-corrected chi connectivity index (χ0v) is 13.7. The lowest BCUT2D eigenvalue weighted by molar-refractivity contribution is 0.0978. The van der Waals surface area contributed by atoms with Gasteiger partial charge in [-0.25, -0.2) is 0 Å². The Kier molecular flexibility index (Phi) is 5.88. The van der Waals surface area contributed by atoms with Crippen molar-refractivity contribution in [2.45, 2.75) is 25.8 Å². The van der Waals surface area contributed by atoms with Gasteiger partial charge in [0, 0.05) is 12.1 Å². The summed E-state index contributed by atoms with van der Waals surface area (Å²) < 4.78 is 10.9. The molecule has 1 aromatic rings. The molecule has 4 heteroatoms. The standard InChI is InChI=1S/C17H28N2O2/c1-5-19-8-6-7-13(12-18-2)17(19)14-9-15(20-3)11-16(10-14)21-4/h9-11,13,17-18H,5-8,12H2,1-4H3. The largest absolute Gasteiger partial charge is 0.497 e. The van der Waals surface area contributed by atoms with E-state index in [1.165, 1.54) is 24.9 Å². The predicted octanol–water partition coefficient (Wildman–Crippen LogP) is 2.70. The number of nitrogens with zero attached hydrogens (tertiary/aromatic N) is 1. The maximum Gasteiger partial charge on any atom is 0.122 e. The van der Waals surface area contributed by atoms with E-state index in [-0.39, 0.29) is 0 Å². The first-order valence-corrected chi connectivity index (χ1v) is 7.85. The van der Waals surface area contributed by atoms with Crippen molar-refractivity contribution in [1.82, 2.24) is 10.2 Å². The van der Waals surface area contributed by atoms with Crippen molar-refractivity contribution in [3.05, 3.63) is 23.8 Å². The van der Waals surface area contributed by atoms with Crippen molar-refractivity contribution in [2.24, 2.45) is 5.92 Å². The first-order chi connectivity index (χ1) is 10.2. The number of methoxy groups -OCH3 is 2. The van der Waals surface area contributed by atoms with Gasteiger partial charge in [0.05, 0.1) is 14.2 Å². The van der Waals surface area contributed by atoms with E-state index in [1.807, 2.05) is 13.1 Å². The van der Waals surface area contributed by atoms with Gasteiger partial charge in [0.25, 0.3) is 0 Å². The van der Waals surface area contributed by atoms with Crippen LogP contribution in [0.1, 0.15) is 31.4 Å². The Morgan fingerprint density at radius 2 is 1.86 bits per heavy atom. The molecular weight excluding hydrogens is 264 g/mol. The number of hydrogen-bond acceptors (Lipinski definition) is 4. The van der Waals surface area contributed by atoms with Crippen LogP contribution < -0.4 is 14.8 Å². The molecule has 0 bridgehead atoms. The molecule has 2 rings (SSSR count).